The maximum absolute atomic E-state index is 4.47. The highest BCUT2D eigenvalue weighted by Crippen LogP contribution is 2.25. The molecule has 2 aromatic carbocycles. The van der Waals surface area contributed by atoms with Crippen molar-refractivity contribution in [2.45, 2.75) is 6.92 Å². The van der Waals surface area contributed by atoms with Crippen molar-refractivity contribution in [1.82, 2.24) is 15.0 Å². The van der Waals surface area contributed by atoms with E-state index in [1.807, 2.05) is 30.5 Å². The number of rotatable bonds is 2. The third-order valence-electron chi connectivity index (χ3n) is 3.64. The maximum atomic E-state index is 4.47. The van der Waals surface area contributed by atoms with E-state index in [0.29, 0.717) is 0 Å². The molecule has 4 nitrogen and oxygen atoms in total. The van der Waals surface area contributed by atoms with E-state index in [1.165, 1.54) is 5.56 Å². The summed E-state index contributed by atoms with van der Waals surface area (Å²) < 4.78 is 0. The minimum absolute atomic E-state index is 0.797. The Morgan fingerprint density at radius 3 is 2.73 bits per heavy atom. The van der Waals surface area contributed by atoms with Gasteiger partial charge in [-0.3, -0.25) is 4.98 Å². The molecule has 0 amide bonds. The molecule has 4 heteroatoms. The molecule has 0 aliphatic carbocycles. The second kappa shape index (κ2) is 5.07. The SMILES string of the molecule is Cc1ccc2ncnc(Nc3cnc4ccccc4c3)c2c1. The van der Waals surface area contributed by atoms with Crippen LogP contribution in [0.1, 0.15) is 5.56 Å². The van der Waals surface area contributed by atoms with E-state index in [-0.39, 0.29) is 0 Å². The monoisotopic (exact) mass is 286 g/mol. The van der Waals surface area contributed by atoms with Gasteiger partial charge in [0.2, 0.25) is 0 Å². The normalized spacial score (nSPS) is 11.0. The number of para-hydroxylation sites is 1. The number of anilines is 2. The minimum atomic E-state index is 0.797. The fourth-order valence-corrected chi connectivity index (χ4v) is 2.55. The number of hydrogen-bond acceptors (Lipinski definition) is 4. The van der Waals surface area contributed by atoms with Crippen molar-refractivity contribution < 1.29 is 0 Å². The Bertz CT molecular complexity index is 979. The van der Waals surface area contributed by atoms with Crippen LogP contribution in [-0.2, 0) is 0 Å². The van der Waals surface area contributed by atoms with Crippen LogP contribution in [-0.4, -0.2) is 15.0 Å². The summed E-state index contributed by atoms with van der Waals surface area (Å²) in [5.41, 5.74) is 4.01. The summed E-state index contributed by atoms with van der Waals surface area (Å²) in [6.45, 7) is 2.06. The Hall–Kier alpha value is -3.01. The summed E-state index contributed by atoms with van der Waals surface area (Å²) >= 11 is 0. The number of aryl methyl sites for hydroxylation is 1. The van der Waals surface area contributed by atoms with Crippen LogP contribution in [0.2, 0.25) is 0 Å². The van der Waals surface area contributed by atoms with Gasteiger partial charge in [-0.2, -0.15) is 0 Å². The molecule has 106 valence electrons. The van der Waals surface area contributed by atoms with Crippen LogP contribution in [0, 0.1) is 6.92 Å². The molecular weight excluding hydrogens is 272 g/mol. The van der Waals surface area contributed by atoms with E-state index in [2.05, 4.69) is 51.5 Å². The van der Waals surface area contributed by atoms with Crippen LogP contribution in [0.5, 0.6) is 0 Å². The number of hydrogen-bond donors (Lipinski definition) is 1. The van der Waals surface area contributed by atoms with Crippen LogP contribution in [0.25, 0.3) is 21.8 Å². The van der Waals surface area contributed by atoms with Gasteiger partial charge in [-0.15, -0.1) is 0 Å². The summed E-state index contributed by atoms with van der Waals surface area (Å²) in [6, 6.07) is 16.3. The Labute approximate surface area is 127 Å². The number of benzene rings is 2. The Balaban J connectivity index is 1.80. The lowest BCUT2D eigenvalue weighted by Crippen LogP contribution is -1.97. The van der Waals surface area contributed by atoms with Crippen LogP contribution in [0.3, 0.4) is 0 Å². The molecule has 0 atom stereocenters. The molecule has 0 radical (unpaired) electrons. The molecule has 22 heavy (non-hydrogen) atoms. The average molecular weight is 286 g/mol. The lowest BCUT2D eigenvalue weighted by atomic mass is 10.1. The third kappa shape index (κ3) is 2.24. The first-order valence-electron chi connectivity index (χ1n) is 7.13. The zero-order chi connectivity index (χ0) is 14.9. The molecule has 0 aliphatic heterocycles. The molecule has 2 heterocycles. The number of aromatic nitrogens is 3. The molecule has 0 saturated carbocycles. The molecule has 0 bridgehead atoms. The highest BCUT2D eigenvalue weighted by molar-refractivity contribution is 5.92. The maximum Gasteiger partial charge on any atom is 0.141 e. The summed E-state index contributed by atoms with van der Waals surface area (Å²) in [7, 11) is 0. The van der Waals surface area contributed by atoms with Gasteiger partial charge in [0.15, 0.2) is 0 Å². The van der Waals surface area contributed by atoms with Crippen molar-refractivity contribution in [3.05, 3.63) is 66.6 Å². The third-order valence-corrected chi connectivity index (χ3v) is 3.64. The fourth-order valence-electron chi connectivity index (χ4n) is 2.55. The van der Waals surface area contributed by atoms with Crippen molar-refractivity contribution in [2.24, 2.45) is 0 Å². The van der Waals surface area contributed by atoms with Crippen LogP contribution >= 0.6 is 0 Å². The molecule has 0 unspecified atom stereocenters. The Morgan fingerprint density at radius 1 is 0.864 bits per heavy atom. The van der Waals surface area contributed by atoms with Gasteiger partial charge in [-0.25, -0.2) is 9.97 Å². The van der Waals surface area contributed by atoms with Gasteiger partial charge < -0.3 is 5.32 Å². The topological polar surface area (TPSA) is 50.7 Å². The number of nitrogens with one attached hydrogen (secondary N) is 1. The zero-order valence-corrected chi connectivity index (χ0v) is 12.1. The van der Waals surface area contributed by atoms with Crippen LogP contribution in [0.4, 0.5) is 11.5 Å². The van der Waals surface area contributed by atoms with Crippen molar-refractivity contribution >= 4 is 33.3 Å². The molecule has 4 aromatic rings. The predicted octanol–water partition coefficient (Wildman–Crippen LogP) is 4.23. The van der Waals surface area contributed by atoms with Gasteiger partial charge in [0.1, 0.15) is 12.1 Å². The smallest absolute Gasteiger partial charge is 0.141 e. The van der Waals surface area contributed by atoms with Crippen molar-refractivity contribution in [3.8, 4) is 0 Å². The predicted molar refractivity (Wildman–Crippen MR) is 89.3 cm³/mol. The van der Waals surface area contributed by atoms with Gasteiger partial charge in [-0.05, 0) is 31.2 Å². The molecule has 0 saturated heterocycles. The van der Waals surface area contributed by atoms with Gasteiger partial charge in [0, 0.05) is 10.8 Å². The lowest BCUT2D eigenvalue weighted by Gasteiger charge is -2.09. The van der Waals surface area contributed by atoms with E-state index in [0.717, 1.165) is 33.3 Å². The summed E-state index contributed by atoms with van der Waals surface area (Å²) in [5, 5.41) is 5.46. The van der Waals surface area contributed by atoms with E-state index < -0.39 is 0 Å². The van der Waals surface area contributed by atoms with E-state index in [1.54, 1.807) is 6.33 Å². The van der Waals surface area contributed by atoms with Gasteiger partial charge in [-0.1, -0.05) is 29.8 Å². The molecule has 4 rings (SSSR count). The number of nitrogens with zero attached hydrogens (tertiary/aromatic N) is 3. The number of pyridine rings is 1. The second-order valence-electron chi connectivity index (χ2n) is 5.28. The van der Waals surface area contributed by atoms with E-state index in [4.69, 9.17) is 0 Å². The van der Waals surface area contributed by atoms with Crippen LogP contribution in [0.15, 0.2) is 61.1 Å². The Kier molecular flexibility index (Phi) is 2.93. The first-order valence-corrected chi connectivity index (χ1v) is 7.13. The van der Waals surface area contributed by atoms with E-state index >= 15 is 0 Å². The van der Waals surface area contributed by atoms with Crippen molar-refractivity contribution in [1.29, 1.82) is 0 Å². The second-order valence-corrected chi connectivity index (χ2v) is 5.28. The van der Waals surface area contributed by atoms with Crippen LogP contribution < -0.4 is 5.32 Å². The molecule has 0 fully saturated rings. The van der Waals surface area contributed by atoms with Crippen molar-refractivity contribution in [2.75, 3.05) is 5.32 Å². The largest absolute Gasteiger partial charge is 0.338 e. The van der Waals surface area contributed by atoms with Gasteiger partial charge in [0.05, 0.1) is 22.9 Å². The summed E-state index contributed by atoms with van der Waals surface area (Å²) in [6.07, 6.45) is 3.40. The van der Waals surface area contributed by atoms with Gasteiger partial charge >= 0.3 is 0 Å². The average Bonchev–Trinajstić information content (AvgIpc) is 2.55. The highest BCUT2D eigenvalue weighted by Gasteiger charge is 2.05. The molecular formula is C18H14N4. The van der Waals surface area contributed by atoms with E-state index in [9.17, 15) is 0 Å². The fraction of sp³-hybridized carbons (Fsp3) is 0.0556. The Morgan fingerprint density at radius 2 is 1.77 bits per heavy atom. The first kappa shape index (κ1) is 12.7. The molecule has 0 spiro atoms. The van der Waals surface area contributed by atoms with Crippen molar-refractivity contribution in [3.63, 3.8) is 0 Å². The highest BCUT2D eigenvalue weighted by atomic mass is 15.0. The zero-order valence-electron chi connectivity index (χ0n) is 12.1. The molecule has 2 aromatic heterocycles. The quantitative estimate of drug-likeness (QED) is 0.599. The first-order chi connectivity index (χ1) is 10.8. The summed E-state index contributed by atoms with van der Waals surface area (Å²) in [5.74, 6) is 0.797. The summed E-state index contributed by atoms with van der Waals surface area (Å²) in [4.78, 5) is 13.2. The number of fused-ring (bicyclic) bond motifs is 2. The molecule has 0 aliphatic rings. The minimum Gasteiger partial charge on any atom is -0.338 e. The molecule has 1 N–H and O–H groups in total. The van der Waals surface area contributed by atoms with Gasteiger partial charge in [0.25, 0.3) is 0 Å². The lowest BCUT2D eigenvalue weighted by molar-refractivity contribution is 1.21. The standard InChI is InChI=1S/C18H14N4/c1-12-6-7-17-15(8-12)18(21-11-20-17)22-14-9-13-4-2-3-5-16(13)19-10-14/h2-11H,1H3,(H,20,21,22).